The molecule has 0 saturated heterocycles. The molecule has 0 spiro atoms. The highest BCUT2D eigenvalue weighted by molar-refractivity contribution is 5.95. The number of aromatic nitrogens is 2. The summed E-state index contributed by atoms with van der Waals surface area (Å²) in [6.07, 6.45) is 0.141. The van der Waals surface area contributed by atoms with Crippen molar-refractivity contribution in [3.8, 4) is 0 Å². The number of halogens is 1. The molecule has 0 saturated carbocycles. The van der Waals surface area contributed by atoms with E-state index < -0.39 is 23.8 Å². The van der Waals surface area contributed by atoms with Crippen LogP contribution < -0.4 is 10.9 Å². The van der Waals surface area contributed by atoms with E-state index in [4.69, 9.17) is 4.74 Å². The molecule has 7 nitrogen and oxygen atoms in total. The molecule has 0 aliphatic heterocycles. The number of carbonyl (C=O) groups is 2. The largest absolute Gasteiger partial charge is 0.452 e. The van der Waals surface area contributed by atoms with Gasteiger partial charge in [0.25, 0.3) is 11.5 Å². The van der Waals surface area contributed by atoms with E-state index in [0.717, 1.165) is 0 Å². The summed E-state index contributed by atoms with van der Waals surface area (Å²) in [6.45, 7) is 1.45. The number of ether oxygens (including phenoxy) is 1. The molecule has 0 aliphatic carbocycles. The second-order valence-corrected chi connectivity index (χ2v) is 6.11. The smallest absolute Gasteiger partial charge is 0.308 e. The molecule has 28 heavy (non-hydrogen) atoms. The Labute approximate surface area is 159 Å². The number of nitrogens with zero attached hydrogens (tertiary/aromatic N) is 2. The van der Waals surface area contributed by atoms with Gasteiger partial charge in [-0.1, -0.05) is 24.3 Å². The third-order valence-electron chi connectivity index (χ3n) is 4.10. The SMILES string of the molecule is CC(OC(=O)CCn1cnc2ccccc2c1=O)C(=O)Nc1ccccc1F. The average Bonchev–Trinajstić information content (AvgIpc) is 2.69. The fraction of sp³-hybridized carbons (Fsp3) is 0.200. The Morgan fingerprint density at radius 1 is 1.18 bits per heavy atom. The van der Waals surface area contributed by atoms with Crippen molar-refractivity contribution < 1.29 is 18.7 Å². The minimum Gasteiger partial charge on any atom is -0.452 e. The van der Waals surface area contributed by atoms with Gasteiger partial charge in [-0.25, -0.2) is 9.37 Å². The number of fused-ring (bicyclic) bond motifs is 1. The molecule has 1 unspecified atom stereocenters. The van der Waals surface area contributed by atoms with Crippen LogP contribution >= 0.6 is 0 Å². The van der Waals surface area contributed by atoms with Crippen LogP contribution in [0.5, 0.6) is 0 Å². The lowest BCUT2D eigenvalue weighted by Crippen LogP contribution is -2.31. The first-order valence-corrected chi connectivity index (χ1v) is 8.65. The van der Waals surface area contributed by atoms with Crippen LogP contribution in [-0.4, -0.2) is 27.5 Å². The fourth-order valence-corrected chi connectivity index (χ4v) is 2.58. The summed E-state index contributed by atoms with van der Waals surface area (Å²) in [6, 6.07) is 12.6. The molecule has 3 aromatic rings. The van der Waals surface area contributed by atoms with Crippen molar-refractivity contribution in [1.29, 1.82) is 0 Å². The number of para-hydroxylation sites is 2. The van der Waals surface area contributed by atoms with Crippen molar-refractivity contribution in [2.24, 2.45) is 0 Å². The highest BCUT2D eigenvalue weighted by atomic mass is 19.1. The van der Waals surface area contributed by atoms with E-state index in [1.165, 1.54) is 36.0 Å². The molecule has 0 bridgehead atoms. The summed E-state index contributed by atoms with van der Waals surface area (Å²) < 4.78 is 19.9. The first-order chi connectivity index (χ1) is 13.5. The van der Waals surface area contributed by atoms with Crippen molar-refractivity contribution in [2.45, 2.75) is 26.0 Å². The standard InChI is InChI=1S/C20H18FN3O4/c1-13(19(26)23-17-9-5-3-7-15(17)21)28-18(25)10-11-24-12-22-16-8-4-2-6-14(16)20(24)27/h2-9,12-13H,10-11H2,1H3,(H,23,26). The molecule has 8 heteroatoms. The van der Waals surface area contributed by atoms with Crippen LogP contribution in [0.15, 0.2) is 59.7 Å². The molecule has 3 rings (SSSR count). The summed E-state index contributed by atoms with van der Waals surface area (Å²) in [5.41, 5.74) is 0.317. The van der Waals surface area contributed by atoms with Crippen LogP contribution in [0.25, 0.3) is 10.9 Å². The van der Waals surface area contributed by atoms with Gasteiger partial charge in [-0.05, 0) is 31.2 Å². The van der Waals surface area contributed by atoms with Gasteiger partial charge in [0.15, 0.2) is 6.10 Å². The molecule has 0 aliphatic rings. The lowest BCUT2D eigenvalue weighted by atomic mass is 10.2. The maximum absolute atomic E-state index is 13.6. The van der Waals surface area contributed by atoms with Gasteiger partial charge in [0.2, 0.25) is 0 Å². The zero-order chi connectivity index (χ0) is 20.1. The summed E-state index contributed by atoms with van der Waals surface area (Å²) in [5, 5.41) is 2.82. The second-order valence-electron chi connectivity index (χ2n) is 6.11. The molecular formula is C20H18FN3O4. The highest BCUT2D eigenvalue weighted by Gasteiger charge is 2.19. The number of carbonyl (C=O) groups excluding carboxylic acids is 2. The van der Waals surface area contributed by atoms with Crippen LogP contribution in [-0.2, 0) is 20.9 Å². The monoisotopic (exact) mass is 383 g/mol. The van der Waals surface area contributed by atoms with E-state index in [1.54, 1.807) is 30.3 Å². The van der Waals surface area contributed by atoms with E-state index in [0.29, 0.717) is 10.9 Å². The average molecular weight is 383 g/mol. The molecule has 2 aromatic carbocycles. The molecule has 1 heterocycles. The normalized spacial score (nSPS) is 11.8. The Hall–Kier alpha value is -3.55. The van der Waals surface area contributed by atoms with Gasteiger partial charge in [-0.15, -0.1) is 0 Å². The van der Waals surface area contributed by atoms with Crippen molar-refractivity contribution in [3.05, 3.63) is 71.0 Å². The zero-order valence-electron chi connectivity index (χ0n) is 15.1. The predicted octanol–water partition coefficient (Wildman–Crippen LogP) is 2.50. The first-order valence-electron chi connectivity index (χ1n) is 8.65. The van der Waals surface area contributed by atoms with Crippen molar-refractivity contribution in [2.75, 3.05) is 5.32 Å². The quantitative estimate of drug-likeness (QED) is 0.661. The Morgan fingerprint density at radius 2 is 1.89 bits per heavy atom. The Balaban J connectivity index is 1.57. The number of aryl methyl sites for hydroxylation is 1. The van der Waals surface area contributed by atoms with Gasteiger partial charge < -0.3 is 10.1 Å². The van der Waals surface area contributed by atoms with Crippen LogP contribution in [0.3, 0.4) is 0 Å². The van der Waals surface area contributed by atoms with Gasteiger partial charge in [0, 0.05) is 6.54 Å². The van der Waals surface area contributed by atoms with Gasteiger partial charge in [-0.2, -0.15) is 0 Å². The third kappa shape index (κ3) is 4.40. The molecule has 1 N–H and O–H groups in total. The lowest BCUT2D eigenvalue weighted by Gasteiger charge is -2.14. The summed E-state index contributed by atoms with van der Waals surface area (Å²) in [7, 11) is 0. The number of amides is 1. The summed E-state index contributed by atoms with van der Waals surface area (Å²) in [4.78, 5) is 40.6. The van der Waals surface area contributed by atoms with Gasteiger partial charge in [0.1, 0.15) is 5.82 Å². The zero-order valence-corrected chi connectivity index (χ0v) is 15.1. The Morgan fingerprint density at radius 3 is 2.68 bits per heavy atom. The molecule has 144 valence electrons. The number of anilines is 1. The number of hydrogen-bond donors (Lipinski definition) is 1. The fourth-order valence-electron chi connectivity index (χ4n) is 2.58. The van der Waals surface area contributed by atoms with Crippen LogP contribution in [0.1, 0.15) is 13.3 Å². The van der Waals surface area contributed by atoms with E-state index in [9.17, 15) is 18.8 Å². The molecule has 1 amide bonds. The Kier molecular flexibility index (Phi) is 5.78. The van der Waals surface area contributed by atoms with Crippen molar-refractivity contribution >= 4 is 28.5 Å². The van der Waals surface area contributed by atoms with Gasteiger partial charge in [-0.3, -0.25) is 19.0 Å². The molecule has 1 atom stereocenters. The third-order valence-corrected chi connectivity index (χ3v) is 4.10. The van der Waals surface area contributed by atoms with E-state index in [-0.39, 0.29) is 24.2 Å². The van der Waals surface area contributed by atoms with E-state index in [1.807, 2.05) is 0 Å². The van der Waals surface area contributed by atoms with E-state index >= 15 is 0 Å². The van der Waals surface area contributed by atoms with E-state index in [2.05, 4.69) is 10.3 Å². The van der Waals surface area contributed by atoms with Crippen molar-refractivity contribution in [1.82, 2.24) is 9.55 Å². The number of nitrogens with one attached hydrogen (secondary N) is 1. The van der Waals surface area contributed by atoms with Gasteiger partial charge >= 0.3 is 5.97 Å². The molecule has 0 radical (unpaired) electrons. The minimum atomic E-state index is -1.11. The molecule has 1 aromatic heterocycles. The van der Waals surface area contributed by atoms with Crippen LogP contribution in [0, 0.1) is 5.82 Å². The summed E-state index contributed by atoms with van der Waals surface area (Å²) >= 11 is 0. The number of hydrogen-bond acceptors (Lipinski definition) is 5. The van der Waals surface area contributed by atoms with Crippen LogP contribution in [0.4, 0.5) is 10.1 Å². The maximum Gasteiger partial charge on any atom is 0.308 e. The lowest BCUT2D eigenvalue weighted by molar-refractivity contribution is -0.153. The number of esters is 1. The maximum atomic E-state index is 13.6. The molecular weight excluding hydrogens is 365 g/mol. The number of benzene rings is 2. The highest BCUT2D eigenvalue weighted by Crippen LogP contribution is 2.13. The van der Waals surface area contributed by atoms with Gasteiger partial charge in [0.05, 0.1) is 29.3 Å². The molecule has 0 fully saturated rings. The topological polar surface area (TPSA) is 90.3 Å². The minimum absolute atomic E-state index is 0.00388. The summed E-state index contributed by atoms with van der Waals surface area (Å²) in [5.74, 6) is -1.89. The Bertz CT molecular complexity index is 1080. The van der Waals surface area contributed by atoms with Crippen LogP contribution in [0.2, 0.25) is 0 Å². The number of rotatable bonds is 6. The second kappa shape index (κ2) is 8.43. The predicted molar refractivity (Wildman–Crippen MR) is 101 cm³/mol. The first kappa shape index (κ1) is 19.2. The van der Waals surface area contributed by atoms with Crippen molar-refractivity contribution in [3.63, 3.8) is 0 Å².